The summed E-state index contributed by atoms with van der Waals surface area (Å²) in [4.78, 5) is 23.2. The van der Waals surface area contributed by atoms with Gasteiger partial charge in [-0.1, -0.05) is 6.07 Å². The van der Waals surface area contributed by atoms with E-state index < -0.39 is 4.92 Å². The number of amides is 1. The summed E-state index contributed by atoms with van der Waals surface area (Å²) >= 11 is 0. The highest BCUT2D eigenvalue weighted by Crippen LogP contribution is 2.19. The van der Waals surface area contributed by atoms with Crippen LogP contribution in [0.15, 0.2) is 24.3 Å². The van der Waals surface area contributed by atoms with Crippen LogP contribution in [-0.4, -0.2) is 35.9 Å². The number of benzene rings is 1. The summed E-state index contributed by atoms with van der Waals surface area (Å²) in [5.74, 6) is 0.220. The number of carbonyl (C=O) groups excluding carboxylic acids is 1. The lowest BCUT2D eigenvalue weighted by molar-refractivity contribution is -0.384. The van der Waals surface area contributed by atoms with Crippen molar-refractivity contribution >= 4 is 11.6 Å². The van der Waals surface area contributed by atoms with Crippen molar-refractivity contribution < 1.29 is 14.5 Å². The number of non-ortho nitro benzene ring substituents is 1. The van der Waals surface area contributed by atoms with Crippen LogP contribution >= 0.6 is 0 Å². The number of nitriles is 1. The lowest BCUT2D eigenvalue weighted by Crippen LogP contribution is -2.28. The summed E-state index contributed by atoms with van der Waals surface area (Å²) < 4.78 is 5.31. The summed E-state index contributed by atoms with van der Waals surface area (Å²) in [6, 6.07) is 7.76. The van der Waals surface area contributed by atoms with Crippen LogP contribution in [0.25, 0.3) is 0 Å². The van der Waals surface area contributed by atoms with Gasteiger partial charge in [-0.25, -0.2) is 0 Å². The minimum absolute atomic E-state index is 0.0556. The molecule has 106 valence electrons. The van der Waals surface area contributed by atoms with E-state index >= 15 is 0 Å². The van der Waals surface area contributed by atoms with E-state index in [-0.39, 0.29) is 31.0 Å². The summed E-state index contributed by atoms with van der Waals surface area (Å²) in [7, 11) is 1.62. The van der Waals surface area contributed by atoms with Gasteiger partial charge in [0.2, 0.25) is 5.91 Å². The van der Waals surface area contributed by atoms with Gasteiger partial charge in [-0.3, -0.25) is 14.9 Å². The number of rotatable bonds is 7. The molecule has 0 atom stereocenters. The highest BCUT2D eigenvalue weighted by Gasteiger charge is 2.09. The van der Waals surface area contributed by atoms with E-state index in [2.05, 4.69) is 0 Å². The summed E-state index contributed by atoms with van der Waals surface area (Å²) in [6.07, 6.45) is 0.443. The van der Waals surface area contributed by atoms with Crippen LogP contribution in [0.3, 0.4) is 0 Å². The quantitative estimate of drug-likeness (QED) is 0.558. The Hall–Kier alpha value is -2.62. The molecule has 0 unspecified atom stereocenters. The molecule has 0 saturated heterocycles. The largest absolute Gasteiger partial charge is 0.493 e. The Kier molecular flexibility index (Phi) is 5.97. The lowest BCUT2D eigenvalue weighted by atomic mass is 10.3. The molecule has 1 aromatic rings. The van der Waals surface area contributed by atoms with Crippen molar-refractivity contribution in [3.05, 3.63) is 34.4 Å². The van der Waals surface area contributed by atoms with Crippen molar-refractivity contribution in [1.82, 2.24) is 4.90 Å². The van der Waals surface area contributed by atoms with E-state index in [0.29, 0.717) is 12.3 Å². The van der Waals surface area contributed by atoms with Crippen LogP contribution in [0, 0.1) is 21.4 Å². The Morgan fingerprint density at radius 2 is 2.30 bits per heavy atom. The molecule has 0 spiro atoms. The molecule has 0 aliphatic heterocycles. The molecule has 0 aliphatic carbocycles. The van der Waals surface area contributed by atoms with Crippen LogP contribution in [0.2, 0.25) is 0 Å². The van der Waals surface area contributed by atoms with E-state index in [4.69, 9.17) is 10.00 Å². The molecular formula is C13H15N3O4. The first kappa shape index (κ1) is 15.4. The van der Waals surface area contributed by atoms with Crippen LogP contribution in [-0.2, 0) is 4.79 Å². The van der Waals surface area contributed by atoms with E-state index in [1.54, 1.807) is 13.1 Å². The minimum atomic E-state index is -0.506. The third kappa shape index (κ3) is 4.94. The molecular weight excluding hydrogens is 262 g/mol. The SMILES string of the molecule is CN(CCC#N)C(=O)CCOc1cccc([N+](=O)[O-])c1. The smallest absolute Gasteiger partial charge is 0.273 e. The molecule has 7 nitrogen and oxygen atoms in total. The second-order valence-corrected chi connectivity index (χ2v) is 4.08. The zero-order valence-corrected chi connectivity index (χ0v) is 11.1. The minimum Gasteiger partial charge on any atom is -0.493 e. The number of nitro benzene ring substituents is 1. The van der Waals surface area contributed by atoms with Crippen molar-refractivity contribution in [2.24, 2.45) is 0 Å². The van der Waals surface area contributed by atoms with Crippen molar-refractivity contribution in [1.29, 1.82) is 5.26 Å². The maximum absolute atomic E-state index is 11.6. The van der Waals surface area contributed by atoms with Crippen molar-refractivity contribution in [3.63, 3.8) is 0 Å². The maximum Gasteiger partial charge on any atom is 0.273 e. The average Bonchev–Trinajstić information content (AvgIpc) is 2.44. The van der Waals surface area contributed by atoms with Crippen LogP contribution in [0.1, 0.15) is 12.8 Å². The second kappa shape index (κ2) is 7.74. The molecule has 0 radical (unpaired) electrons. The number of nitro groups is 1. The highest BCUT2D eigenvalue weighted by molar-refractivity contribution is 5.75. The number of ether oxygens (including phenoxy) is 1. The van der Waals surface area contributed by atoms with Gasteiger partial charge in [0.25, 0.3) is 5.69 Å². The second-order valence-electron chi connectivity index (χ2n) is 4.08. The third-order valence-corrected chi connectivity index (χ3v) is 2.60. The molecule has 0 fully saturated rings. The van der Waals surface area contributed by atoms with Gasteiger partial charge >= 0.3 is 0 Å². The van der Waals surface area contributed by atoms with Crippen LogP contribution in [0.5, 0.6) is 5.75 Å². The summed E-state index contributed by atoms with van der Waals surface area (Å²) in [5.41, 5.74) is -0.0556. The van der Waals surface area contributed by atoms with Gasteiger partial charge in [0.15, 0.2) is 0 Å². The van der Waals surface area contributed by atoms with Gasteiger partial charge in [0.05, 0.1) is 36.5 Å². The van der Waals surface area contributed by atoms with E-state index in [0.717, 1.165) is 0 Å². The Bertz CT molecular complexity index is 525. The first-order valence-electron chi connectivity index (χ1n) is 6.02. The molecule has 0 N–H and O–H groups in total. The number of nitrogens with zero attached hydrogens (tertiary/aromatic N) is 3. The summed E-state index contributed by atoms with van der Waals surface area (Å²) in [6.45, 7) is 0.517. The van der Waals surface area contributed by atoms with Crippen LogP contribution in [0.4, 0.5) is 5.69 Å². The first-order chi connectivity index (χ1) is 9.54. The summed E-state index contributed by atoms with van der Waals surface area (Å²) in [5, 5.41) is 19.0. The normalized spacial score (nSPS) is 9.60. The predicted octanol–water partition coefficient (Wildman–Crippen LogP) is 1.74. The lowest BCUT2D eigenvalue weighted by Gasteiger charge is -2.15. The van der Waals surface area contributed by atoms with Gasteiger partial charge in [-0.2, -0.15) is 5.26 Å². The molecule has 0 aliphatic rings. The highest BCUT2D eigenvalue weighted by atomic mass is 16.6. The molecule has 20 heavy (non-hydrogen) atoms. The van der Waals surface area contributed by atoms with Gasteiger partial charge in [-0.15, -0.1) is 0 Å². The molecule has 0 saturated carbocycles. The fourth-order valence-corrected chi connectivity index (χ4v) is 1.48. The Balaban J connectivity index is 2.41. The van der Waals surface area contributed by atoms with Crippen molar-refractivity contribution in [2.45, 2.75) is 12.8 Å². The zero-order valence-electron chi connectivity index (χ0n) is 11.1. The standard InChI is InChI=1S/C13H15N3O4/c1-15(8-3-7-14)13(17)6-9-20-12-5-2-4-11(10-12)16(18)19/h2,4-5,10H,3,6,8-9H2,1H3. The number of hydrogen-bond acceptors (Lipinski definition) is 5. The van der Waals surface area contributed by atoms with Crippen molar-refractivity contribution in [3.8, 4) is 11.8 Å². The number of carbonyl (C=O) groups is 1. The Morgan fingerprint density at radius 3 is 2.95 bits per heavy atom. The molecule has 7 heteroatoms. The monoisotopic (exact) mass is 277 g/mol. The first-order valence-corrected chi connectivity index (χ1v) is 6.02. The average molecular weight is 277 g/mol. The maximum atomic E-state index is 11.6. The molecule has 1 rings (SSSR count). The topological polar surface area (TPSA) is 96.5 Å². The molecule has 1 amide bonds. The van der Waals surface area contributed by atoms with Gasteiger partial charge in [-0.05, 0) is 6.07 Å². The predicted molar refractivity (Wildman–Crippen MR) is 71.1 cm³/mol. The molecule has 0 bridgehead atoms. The fourth-order valence-electron chi connectivity index (χ4n) is 1.48. The molecule has 0 aromatic heterocycles. The van der Waals surface area contributed by atoms with Crippen molar-refractivity contribution in [2.75, 3.05) is 20.2 Å². The van der Waals surface area contributed by atoms with Gasteiger partial charge in [0.1, 0.15) is 5.75 Å². The number of hydrogen-bond donors (Lipinski definition) is 0. The van der Waals surface area contributed by atoms with Gasteiger partial charge < -0.3 is 9.64 Å². The van der Waals surface area contributed by atoms with Gasteiger partial charge in [0, 0.05) is 19.7 Å². The zero-order chi connectivity index (χ0) is 15.0. The Morgan fingerprint density at radius 1 is 1.55 bits per heavy atom. The van der Waals surface area contributed by atoms with E-state index in [1.807, 2.05) is 6.07 Å². The Labute approximate surface area is 116 Å². The van der Waals surface area contributed by atoms with Crippen LogP contribution < -0.4 is 4.74 Å². The molecule has 0 heterocycles. The fraction of sp³-hybridized carbons (Fsp3) is 0.385. The van der Waals surface area contributed by atoms with E-state index in [9.17, 15) is 14.9 Å². The third-order valence-electron chi connectivity index (χ3n) is 2.60. The molecule has 1 aromatic carbocycles. The van der Waals surface area contributed by atoms with E-state index in [1.165, 1.54) is 23.1 Å².